The number of carbonyl (C=O) groups is 2. The van der Waals surface area contributed by atoms with Crippen molar-refractivity contribution in [3.8, 4) is 0 Å². The third kappa shape index (κ3) is 8.26. The number of aliphatic carboxylic acids is 2. The minimum Gasteiger partial charge on any atom is -0.481 e. The fourth-order valence-corrected chi connectivity index (χ4v) is 2.07. The van der Waals surface area contributed by atoms with Gasteiger partial charge in [0.1, 0.15) is 0 Å². The Kier molecular flexibility index (Phi) is 7.83. The molecule has 2 rings (SSSR count). The van der Waals surface area contributed by atoms with Gasteiger partial charge >= 0.3 is 18.1 Å². The highest BCUT2D eigenvalue weighted by Gasteiger charge is 2.29. The first-order valence-corrected chi connectivity index (χ1v) is 7.85. The van der Waals surface area contributed by atoms with Gasteiger partial charge in [-0.05, 0) is 35.4 Å². The van der Waals surface area contributed by atoms with Gasteiger partial charge in [0, 0.05) is 19.8 Å². The molecule has 0 saturated carbocycles. The predicted octanol–water partition coefficient (Wildman–Crippen LogP) is 3.71. The zero-order chi connectivity index (χ0) is 20.6. The number of hydrogen-bond donors (Lipinski definition) is 2. The van der Waals surface area contributed by atoms with E-state index in [1.165, 1.54) is 0 Å². The Morgan fingerprint density at radius 2 is 1.19 bits per heavy atom. The molecule has 8 heteroatoms. The average Bonchev–Trinajstić information content (AvgIpc) is 2.54. The molecule has 0 aliphatic rings. The van der Waals surface area contributed by atoms with E-state index in [0.717, 1.165) is 35.5 Å². The zero-order valence-electron chi connectivity index (χ0n) is 14.8. The van der Waals surface area contributed by atoms with Crippen LogP contribution in [-0.2, 0) is 28.6 Å². The molecule has 0 aliphatic heterocycles. The molecule has 5 nitrogen and oxygen atoms in total. The minimum atomic E-state index is -4.37. The Hall–Kier alpha value is -3.03. The van der Waals surface area contributed by atoms with Crippen LogP contribution in [0.1, 0.15) is 16.7 Å². The molecule has 0 radical (unpaired) electrons. The van der Waals surface area contributed by atoms with Crippen molar-refractivity contribution in [2.24, 2.45) is 0 Å². The maximum absolute atomic E-state index is 12.1. The Balaban J connectivity index is 0.000000271. The summed E-state index contributed by atoms with van der Waals surface area (Å²) >= 11 is 0. The number of hydrogen-bond acceptors (Lipinski definition) is 3. The minimum absolute atomic E-state index is 0.0910. The van der Waals surface area contributed by atoms with E-state index in [9.17, 15) is 22.8 Å². The van der Waals surface area contributed by atoms with Crippen molar-refractivity contribution in [3.05, 3.63) is 65.2 Å². The monoisotopic (exact) mass is 383 g/mol. The van der Waals surface area contributed by atoms with E-state index in [-0.39, 0.29) is 12.8 Å². The van der Waals surface area contributed by atoms with Crippen LogP contribution >= 0.6 is 0 Å². The van der Waals surface area contributed by atoms with Crippen LogP contribution in [-0.4, -0.2) is 36.2 Å². The molecule has 0 aromatic heterocycles. The molecule has 2 aromatic carbocycles. The molecule has 0 aliphatic carbocycles. The van der Waals surface area contributed by atoms with Crippen LogP contribution < -0.4 is 4.90 Å². The van der Waals surface area contributed by atoms with Crippen LogP contribution in [0.2, 0.25) is 0 Å². The van der Waals surface area contributed by atoms with Gasteiger partial charge in [-0.25, -0.2) is 0 Å². The zero-order valence-corrected chi connectivity index (χ0v) is 14.8. The van der Waals surface area contributed by atoms with Gasteiger partial charge in [-0.2, -0.15) is 13.2 Å². The molecule has 0 fully saturated rings. The summed E-state index contributed by atoms with van der Waals surface area (Å²) in [4.78, 5) is 22.6. The van der Waals surface area contributed by atoms with Crippen molar-refractivity contribution in [3.63, 3.8) is 0 Å². The van der Waals surface area contributed by atoms with E-state index in [4.69, 9.17) is 10.2 Å². The van der Waals surface area contributed by atoms with E-state index in [2.05, 4.69) is 0 Å². The number of anilines is 1. The second-order valence-electron chi connectivity index (χ2n) is 5.90. The van der Waals surface area contributed by atoms with Gasteiger partial charge in [0.2, 0.25) is 0 Å². The van der Waals surface area contributed by atoms with Gasteiger partial charge in [-0.3, -0.25) is 9.59 Å². The molecule has 0 atom stereocenters. The SMILES string of the molecule is CN(C)c1ccc(CC(=O)O)cc1.O=C(O)Cc1ccc(C(F)(F)F)cc1. The number of carboxylic acids is 2. The normalized spacial score (nSPS) is 10.6. The number of rotatable bonds is 5. The lowest BCUT2D eigenvalue weighted by molar-refractivity contribution is -0.138. The summed E-state index contributed by atoms with van der Waals surface area (Å²) in [5, 5.41) is 16.9. The van der Waals surface area contributed by atoms with E-state index in [1.807, 2.05) is 43.3 Å². The van der Waals surface area contributed by atoms with Gasteiger partial charge in [-0.1, -0.05) is 24.3 Å². The molecule has 0 bridgehead atoms. The maximum atomic E-state index is 12.1. The van der Waals surface area contributed by atoms with E-state index in [0.29, 0.717) is 5.56 Å². The average molecular weight is 383 g/mol. The lowest BCUT2D eigenvalue weighted by Crippen LogP contribution is -2.08. The molecular formula is C19H20F3NO4. The van der Waals surface area contributed by atoms with Crippen LogP contribution in [0.15, 0.2) is 48.5 Å². The highest BCUT2D eigenvalue weighted by atomic mass is 19.4. The molecule has 2 aromatic rings. The van der Waals surface area contributed by atoms with Gasteiger partial charge in [-0.15, -0.1) is 0 Å². The standard InChI is InChI=1S/C10H13NO2.C9H7F3O2/c1-11(2)9-5-3-8(4-6-9)7-10(12)13;10-9(11,12)7-3-1-6(2-4-7)5-8(13)14/h3-6H,7H2,1-2H3,(H,12,13);1-4H,5H2,(H,13,14). The van der Waals surface area contributed by atoms with Gasteiger partial charge in [0.15, 0.2) is 0 Å². The molecule has 146 valence electrons. The summed E-state index contributed by atoms with van der Waals surface area (Å²) in [5.41, 5.74) is 1.49. The number of halogens is 3. The smallest absolute Gasteiger partial charge is 0.416 e. The molecule has 0 saturated heterocycles. The fourth-order valence-electron chi connectivity index (χ4n) is 2.07. The Labute approximate surface area is 154 Å². The largest absolute Gasteiger partial charge is 0.481 e. The first kappa shape index (κ1) is 22.0. The molecule has 0 amide bonds. The third-order valence-corrected chi connectivity index (χ3v) is 3.44. The highest BCUT2D eigenvalue weighted by molar-refractivity contribution is 5.70. The summed E-state index contributed by atoms with van der Waals surface area (Å²) in [5.74, 6) is -1.86. The number of nitrogens with zero attached hydrogens (tertiary/aromatic N) is 1. The second-order valence-corrected chi connectivity index (χ2v) is 5.90. The summed E-state index contributed by atoms with van der Waals surface area (Å²) < 4.78 is 36.2. The topological polar surface area (TPSA) is 77.8 Å². The van der Waals surface area contributed by atoms with E-state index >= 15 is 0 Å². The lowest BCUT2D eigenvalue weighted by atomic mass is 10.1. The Bertz CT molecular complexity index is 754. The van der Waals surface area contributed by atoms with Gasteiger partial charge in [0.25, 0.3) is 0 Å². The predicted molar refractivity (Wildman–Crippen MR) is 94.9 cm³/mol. The maximum Gasteiger partial charge on any atom is 0.416 e. The molecule has 2 N–H and O–H groups in total. The second kappa shape index (κ2) is 9.61. The van der Waals surface area contributed by atoms with Gasteiger partial charge < -0.3 is 15.1 Å². The molecule has 0 heterocycles. The van der Waals surface area contributed by atoms with Crippen LogP contribution in [0.3, 0.4) is 0 Å². The Morgan fingerprint density at radius 1 is 0.815 bits per heavy atom. The first-order valence-electron chi connectivity index (χ1n) is 7.85. The molecule has 0 unspecified atom stereocenters. The van der Waals surface area contributed by atoms with Gasteiger partial charge in [0.05, 0.1) is 18.4 Å². The summed E-state index contributed by atoms with van der Waals surface area (Å²) in [6.45, 7) is 0. The summed E-state index contributed by atoms with van der Waals surface area (Å²) in [6.07, 6.45) is -4.55. The summed E-state index contributed by atoms with van der Waals surface area (Å²) in [6, 6.07) is 11.6. The number of benzene rings is 2. The van der Waals surface area contributed by atoms with Crippen LogP contribution in [0, 0.1) is 0 Å². The van der Waals surface area contributed by atoms with Crippen LogP contribution in [0.25, 0.3) is 0 Å². The highest BCUT2D eigenvalue weighted by Crippen LogP contribution is 2.29. The van der Waals surface area contributed by atoms with Crippen molar-refractivity contribution in [2.45, 2.75) is 19.0 Å². The van der Waals surface area contributed by atoms with Crippen molar-refractivity contribution >= 4 is 17.6 Å². The molecule has 27 heavy (non-hydrogen) atoms. The Morgan fingerprint density at radius 3 is 1.48 bits per heavy atom. The summed E-state index contributed by atoms with van der Waals surface area (Å²) in [7, 11) is 3.90. The number of alkyl halides is 3. The van der Waals surface area contributed by atoms with Crippen molar-refractivity contribution in [2.75, 3.05) is 19.0 Å². The fraction of sp³-hybridized carbons (Fsp3) is 0.263. The van der Waals surface area contributed by atoms with E-state index < -0.39 is 23.7 Å². The molecular weight excluding hydrogens is 363 g/mol. The lowest BCUT2D eigenvalue weighted by Gasteiger charge is -2.12. The molecule has 0 spiro atoms. The van der Waals surface area contributed by atoms with E-state index in [1.54, 1.807) is 0 Å². The quantitative estimate of drug-likeness (QED) is 0.823. The van der Waals surface area contributed by atoms with Crippen LogP contribution in [0.5, 0.6) is 0 Å². The number of carboxylic acid groups (broad SMARTS) is 2. The first-order chi connectivity index (χ1) is 12.5. The van der Waals surface area contributed by atoms with Crippen molar-refractivity contribution in [1.82, 2.24) is 0 Å². The van der Waals surface area contributed by atoms with Crippen LogP contribution in [0.4, 0.5) is 18.9 Å². The van der Waals surface area contributed by atoms with Crippen molar-refractivity contribution in [1.29, 1.82) is 0 Å². The third-order valence-electron chi connectivity index (χ3n) is 3.44. The van der Waals surface area contributed by atoms with Crippen molar-refractivity contribution < 1.29 is 33.0 Å².